The second-order valence-electron chi connectivity index (χ2n) is 4.20. The van der Waals surface area contributed by atoms with E-state index in [1.54, 1.807) is 0 Å². The first-order chi connectivity index (χ1) is 8.87. The molecule has 0 radical (unpaired) electrons. The van der Waals surface area contributed by atoms with E-state index in [-0.39, 0.29) is 11.3 Å². The molecule has 0 aliphatic heterocycles. The predicted molar refractivity (Wildman–Crippen MR) is 64.8 cm³/mol. The molecule has 0 saturated heterocycles. The smallest absolute Gasteiger partial charge is 0.336 e. The van der Waals surface area contributed by atoms with Crippen LogP contribution in [-0.2, 0) is 0 Å². The molecule has 1 heterocycles. The number of halogens is 2. The van der Waals surface area contributed by atoms with Gasteiger partial charge in [0.2, 0.25) is 0 Å². The molecule has 6 heteroatoms. The van der Waals surface area contributed by atoms with Crippen molar-refractivity contribution in [3.63, 3.8) is 0 Å². The number of rotatable bonds is 4. The normalized spacial score (nSPS) is 11.5. The molecule has 1 N–H and O–H groups in total. The Hall–Kier alpha value is -2.24. The average Bonchev–Trinajstić information content (AvgIpc) is 2.34. The summed E-state index contributed by atoms with van der Waals surface area (Å²) in [6.07, 6.45) is 1.38. The Kier molecular flexibility index (Phi) is 3.33. The van der Waals surface area contributed by atoms with Gasteiger partial charge in [-0.25, -0.2) is 13.6 Å². The van der Waals surface area contributed by atoms with Crippen LogP contribution in [0.1, 0.15) is 17.3 Å². The van der Waals surface area contributed by atoms with Gasteiger partial charge in [0.15, 0.2) is 6.61 Å². The third-order valence-electron chi connectivity index (χ3n) is 2.44. The van der Waals surface area contributed by atoms with Crippen molar-refractivity contribution in [1.82, 2.24) is 4.98 Å². The largest absolute Gasteiger partial charge is 0.487 e. The Morgan fingerprint density at radius 2 is 2.16 bits per heavy atom. The number of fused-ring (bicyclic) bond motifs is 1. The number of nitrogens with zero attached hydrogens (tertiary/aromatic N) is 1. The van der Waals surface area contributed by atoms with Gasteiger partial charge in [-0.05, 0) is 24.3 Å². The molecule has 100 valence electrons. The van der Waals surface area contributed by atoms with Gasteiger partial charge < -0.3 is 9.84 Å². The summed E-state index contributed by atoms with van der Waals surface area (Å²) in [5.74, 6) is -3.87. The summed E-state index contributed by atoms with van der Waals surface area (Å²) in [5.41, 5.74) is 0.522. The molecule has 1 aromatic heterocycles. The Morgan fingerprint density at radius 3 is 2.79 bits per heavy atom. The molecule has 0 saturated carbocycles. The SMILES string of the molecule is CC(F)(F)COc1ccc2nccc(C(=O)O)c2c1. The number of pyridine rings is 1. The van der Waals surface area contributed by atoms with E-state index in [1.807, 2.05) is 0 Å². The fraction of sp³-hybridized carbons (Fsp3) is 0.231. The number of aromatic nitrogens is 1. The molecule has 0 unspecified atom stereocenters. The second-order valence-corrected chi connectivity index (χ2v) is 4.20. The number of benzene rings is 1. The van der Waals surface area contributed by atoms with Crippen LogP contribution in [-0.4, -0.2) is 28.6 Å². The molecule has 0 spiro atoms. The summed E-state index contributed by atoms with van der Waals surface area (Å²) in [4.78, 5) is 15.1. The molecular weight excluding hydrogens is 256 g/mol. The summed E-state index contributed by atoms with van der Waals surface area (Å²) in [6.45, 7) is -0.0144. The lowest BCUT2D eigenvalue weighted by Gasteiger charge is -2.12. The molecule has 0 fully saturated rings. The highest BCUT2D eigenvalue weighted by atomic mass is 19.3. The van der Waals surface area contributed by atoms with E-state index in [4.69, 9.17) is 9.84 Å². The van der Waals surface area contributed by atoms with Crippen molar-refractivity contribution in [2.45, 2.75) is 12.8 Å². The summed E-state index contributed by atoms with van der Waals surface area (Å²) in [6, 6.07) is 5.76. The first kappa shape index (κ1) is 13.2. The van der Waals surface area contributed by atoms with E-state index >= 15 is 0 Å². The maximum atomic E-state index is 12.7. The number of hydrogen-bond donors (Lipinski definition) is 1. The molecular formula is C13H11F2NO3. The van der Waals surface area contributed by atoms with Crippen LogP contribution in [0.2, 0.25) is 0 Å². The first-order valence-electron chi connectivity index (χ1n) is 5.49. The predicted octanol–water partition coefficient (Wildman–Crippen LogP) is 2.97. The van der Waals surface area contributed by atoms with E-state index in [0.29, 0.717) is 10.9 Å². The van der Waals surface area contributed by atoms with Gasteiger partial charge in [0, 0.05) is 18.5 Å². The maximum Gasteiger partial charge on any atom is 0.336 e. The number of carboxylic acids is 1. The number of hydrogen-bond acceptors (Lipinski definition) is 3. The van der Waals surface area contributed by atoms with Crippen molar-refractivity contribution in [2.24, 2.45) is 0 Å². The van der Waals surface area contributed by atoms with Crippen LogP contribution in [0.4, 0.5) is 8.78 Å². The third-order valence-corrected chi connectivity index (χ3v) is 2.44. The summed E-state index contributed by atoms with van der Waals surface area (Å²) < 4.78 is 30.3. The van der Waals surface area contributed by atoms with Crippen molar-refractivity contribution < 1.29 is 23.4 Å². The van der Waals surface area contributed by atoms with Gasteiger partial charge in [-0.1, -0.05) is 0 Å². The summed E-state index contributed by atoms with van der Waals surface area (Å²) in [7, 11) is 0. The number of carbonyl (C=O) groups is 1. The molecule has 0 aliphatic carbocycles. The van der Waals surface area contributed by atoms with Crippen LogP contribution in [0.15, 0.2) is 30.5 Å². The Morgan fingerprint density at radius 1 is 1.42 bits per heavy atom. The van der Waals surface area contributed by atoms with Gasteiger partial charge in [0.05, 0.1) is 11.1 Å². The minimum absolute atomic E-state index is 0.0544. The van der Waals surface area contributed by atoms with E-state index in [2.05, 4.69) is 4.98 Å². The monoisotopic (exact) mass is 267 g/mol. The molecule has 0 bridgehead atoms. The molecule has 0 atom stereocenters. The average molecular weight is 267 g/mol. The molecule has 2 aromatic rings. The molecule has 4 nitrogen and oxygen atoms in total. The van der Waals surface area contributed by atoms with E-state index < -0.39 is 18.5 Å². The van der Waals surface area contributed by atoms with Crippen molar-refractivity contribution in [3.05, 3.63) is 36.0 Å². The van der Waals surface area contributed by atoms with E-state index in [0.717, 1.165) is 6.92 Å². The third kappa shape index (κ3) is 3.15. The van der Waals surface area contributed by atoms with Gasteiger partial charge in [0.25, 0.3) is 5.92 Å². The van der Waals surface area contributed by atoms with Gasteiger partial charge >= 0.3 is 5.97 Å². The molecule has 1 aromatic carbocycles. The van der Waals surface area contributed by atoms with Crippen molar-refractivity contribution in [1.29, 1.82) is 0 Å². The number of carboxylic acid groups (broad SMARTS) is 1. The van der Waals surface area contributed by atoms with Crippen LogP contribution < -0.4 is 4.74 Å². The number of alkyl halides is 2. The highest BCUT2D eigenvalue weighted by molar-refractivity contribution is 6.02. The standard InChI is InChI=1S/C13H11F2NO3/c1-13(14,15)7-19-8-2-3-11-10(6-8)9(12(17)18)4-5-16-11/h2-6H,7H2,1H3,(H,17,18). The van der Waals surface area contributed by atoms with Crippen molar-refractivity contribution >= 4 is 16.9 Å². The van der Waals surface area contributed by atoms with Crippen LogP contribution in [0.25, 0.3) is 10.9 Å². The molecule has 0 amide bonds. The van der Waals surface area contributed by atoms with Gasteiger partial charge in [-0.2, -0.15) is 0 Å². The maximum absolute atomic E-state index is 12.7. The summed E-state index contributed by atoms with van der Waals surface area (Å²) in [5, 5.41) is 9.40. The van der Waals surface area contributed by atoms with Crippen molar-refractivity contribution in [3.8, 4) is 5.75 Å². The number of aromatic carboxylic acids is 1. The van der Waals surface area contributed by atoms with Crippen LogP contribution in [0, 0.1) is 0 Å². The zero-order chi connectivity index (χ0) is 14.0. The second kappa shape index (κ2) is 4.79. The fourth-order valence-electron chi connectivity index (χ4n) is 1.61. The van der Waals surface area contributed by atoms with Gasteiger partial charge in [-0.15, -0.1) is 0 Å². The lowest BCUT2D eigenvalue weighted by molar-refractivity contribution is -0.0229. The lowest BCUT2D eigenvalue weighted by atomic mass is 10.1. The zero-order valence-corrected chi connectivity index (χ0v) is 10.1. The van der Waals surface area contributed by atoms with Crippen LogP contribution in [0.5, 0.6) is 5.75 Å². The molecule has 19 heavy (non-hydrogen) atoms. The minimum atomic E-state index is -2.94. The molecule has 0 aliphatic rings. The van der Waals surface area contributed by atoms with E-state index in [1.165, 1.54) is 30.5 Å². The minimum Gasteiger partial charge on any atom is -0.487 e. The highest BCUT2D eigenvalue weighted by Gasteiger charge is 2.22. The van der Waals surface area contributed by atoms with Gasteiger partial charge in [-0.3, -0.25) is 4.98 Å². The Labute approximate surface area is 107 Å². The van der Waals surface area contributed by atoms with Crippen LogP contribution in [0.3, 0.4) is 0 Å². The quantitative estimate of drug-likeness (QED) is 0.925. The van der Waals surface area contributed by atoms with Crippen molar-refractivity contribution in [2.75, 3.05) is 6.61 Å². The molecule has 2 rings (SSSR count). The zero-order valence-electron chi connectivity index (χ0n) is 10.1. The highest BCUT2D eigenvalue weighted by Crippen LogP contribution is 2.24. The fourth-order valence-corrected chi connectivity index (χ4v) is 1.61. The van der Waals surface area contributed by atoms with Crippen LogP contribution >= 0.6 is 0 Å². The Balaban J connectivity index is 2.38. The van der Waals surface area contributed by atoms with E-state index in [9.17, 15) is 13.6 Å². The van der Waals surface area contributed by atoms with Gasteiger partial charge in [0.1, 0.15) is 5.75 Å². The summed E-state index contributed by atoms with van der Waals surface area (Å²) >= 11 is 0. The number of ether oxygens (including phenoxy) is 1. The topological polar surface area (TPSA) is 59.4 Å². The lowest BCUT2D eigenvalue weighted by Crippen LogP contribution is -2.20. The Bertz CT molecular complexity index is 623. The first-order valence-corrected chi connectivity index (χ1v) is 5.49.